The van der Waals surface area contributed by atoms with Crippen molar-refractivity contribution in [2.45, 2.75) is 20.3 Å². The van der Waals surface area contributed by atoms with Gasteiger partial charge in [0.2, 0.25) is 11.8 Å². The third-order valence-corrected chi connectivity index (χ3v) is 2.24. The van der Waals surface area contributed by atoms with Gasteiger partial charge in [0, 0.05) is 12.1 Å². The normalized spacial score (nSPS) is 21.5. The van der Waals surface area contributed by atoms with Crippen LogP contribution in [0.3, 0.4) is 0 Å². The molecule has 88 valence electrons. The number of hydrogen-bond acceptors (Lipinski definition) is 5. The molecule has 16 heavy (non-hydrogen) atoms. The van der Waals surface area contributed by atoms with Crippen LogP contribution in [-0.4, -0.2) is 24.4 Å². The van der Waals surface area contributed by atoms with Gasteiger partial charge in [-0.05, 0) is 13.8 Å². The largest absolute Gasteiger partial charge is 0.463 e. The van der Waals surface area contributed by atoms with Gasteiger partial charge in [0.25, 0.3) is 0 Å². The summed E-state index contributed by atoms with van der Waals surface area (Å²) >= 11 is 0. The first-order valence-electron chi connectivity index (χ1n) is 4.94. The first-order chi connectivity index (χ1) is 7.47. The molecule has 0 unspecified atom stereocenters. The average molecular weight is 226 g/mol. The van der Waals surface area contributed by atoms with Gasteiger partial charge in [-0.1, -0.05) is 0 Å². The molecule has 0 aromatic heterocycles. The zero-order chi connectivity index (χ0) is 12.3. The number of esters is 1. The van der Waals surface area contributed by atoms with Crippen LogP contribution in [0.15, 0.2) is 11.3 Å². The average Bonchev–Trinajstić information content (AvgIpc) is 2.45. The zero-order valence-electron chi connectivity index (χ0n) is 9.20. The fraction of sp³-hybridized carbons (Fsp3) is 0.500. The number of carbonyl (C=O) groups is 3. The topological polar surface area (TPSA) is 98.5 Å². The van der Waals surface area contributed by atoms with Gasteiger partial charge in [-0.25, -0.2) is 4.79 Å². The van der Waals surface area contributed by atoms with Gasteiger partial charge in [-0.15, -0.1) is 0 Å². The SMILES string of the molecule is CCOC(=O)/C(=C(\C)N)[C@H]1CC(=O)NC1=O. The zero-order valence-corrected chi connectivity index (χ0v) is 9.20. The minimum Gasteiger partial charge on any atom is -0.463 e. The van der Waals surface area contributed by atoms with Crippen molar-refractivity contribution in [1.29, 1.82) is 0 Å². The van der Waals surface area contributed by atoms with E-state index in [1.165, 1.54) is 6.92 Å². The summed E-state index contributed by atoms with van der Waals surface area (Å²) in [5.41, 5.74) is 5.82. The highest BCUT2D eigenvalue weighted by molar-refractivity contribution is 6.09. The van der Waals surface area contributed by atoms with Crippen LogP contribution in [0.25, 0.3) is 0 Å². The molecule has 0 spiro atoms. The molecule has 0 radical (unpaired) electrons. The Labute approximate surface area is 92.8 Å². The van der Waals surface area contributed by atoms with Crippen LogP contribution < -0.4 is 11.1 Å². The Kier molecular flexibility index (Phi) is 3.65. The molecule has 0 aromatic rings. The molecule has 1 fully saturated rings. The lowest BCUT2D eigenvalue weighted by atomic mass is 9.96. The van der Waals surface area contributed by atoms with Gasteiger partial charge in [0.05, 0.1) is 18.1 Å². The standard InChI is InChI=1S/C10H14N2O4/c1-3-16-10(15)8(5(2)11)6-4-7(13)12-9(6)14/h6H,3-4,11H2,1-2H3,(H,12,13,14)/b8-5+/t6-/m1/s1. The Morgan fingerprint density at radius 3 is 2.56 bits per heavy atom. The minimum atomic E-state index is -0.823. The highest BCUT2D eigenvalue weighted by atomic mass is 16.5. The van der Waals surface area contributed by atoms with E-state index in [1.807, 2.05) is 0 Å². The van der Waals surface area contributed by atoms with E-state index in [4.69, 9.17) is 10.5 Å². The van der Waals surface area contributed by atoms with Gasteiger partial charge >= 0.3 is 5.97 Å². The van der Waals surface area contributed by atoms with Gasteiger partial charge in [-0.2, -0.15) is 0 Å². The number of amides is 2. The Morgan fingerprint density at radius 2 is 2.19 bits per heavy atom. The number of allylic oxidation sites excluding steroid dienone is 1. The van der Waals surface area contributed by atoms with E-state index in [9.17, 15) is 14.4 Å². The highest BCUT2D eigenvalue weighted by Crippen LogP contribution is 2.23. The van der Waals surface area contributed by atoms with Crippen molar-refractivity contribution in [3.63, 3.8) is 0 Å². The van der Waals surface area contributed by atoms with E-state index in [1.54, 1.807) is 6.92 Å². The fourth-order valence-corrected chi connectivity index (χ4v) is 1.57. The maximum atomic E-state index is 11.6. The Balaban J connectivity index is 2.97. The molecular weight excluding hydrogens is 212 g/mol. The molecule has 1 atom stereocenters. The molecule has 1 aliphatic rings. The van der Waals surface area contributed by atoms with Crippen molar-refractivity contribution < 1.29 is 19.1 Å². The number of imide groups is 1. The second-order valence-electron chi connectivity index (χ2n) is 3.49. The van der Waals surface area contributed by atoms with Crippen LogP contribution in [0.1, 0.15) is 20.3 Å². The monoisotopic (exact) mass is 226 g/mol. The second-order valence-corrected chi connectivity index (χ2v) is 3.49. The van der Waals surface area contributed by atoms with E-state index < -0.39 is 23.7 Å². The molecule has 6 heteroatoms. The maximum absolute atomic E-state index is 11.6. The summed E-state index contributed by atoms with van der Waals surface area (Å²) in [6.45, 7) is 3.35. The van der Waals surface area contributed by atoms with Gasteiger partial charge in [0.15, 0.2) is 0 Å². The van der Waals surface area contributed by atoms with Crippen LogP contribution in [0.4, 0.5) is 0 Å². The molecule has 0 aromatic carbocycles. The summed E-state index contributed by atoms with van der Waals surface area (Å²) in [4.78, 5) is 34.0. The Morgan fingerprint density at radius 1 is 1.56 bits per heavy atom. The minimum absolute atomic E-state index is 0.0540. The number of nitrogens with one attached hydrogen (secondary N) is 1. The third-order valence-electron chi connectivity index (χ3n) is 2.24. The molecule has 0 bridgehead atoms. The lowest BCUT2D eigenvalue weighted by Gasteiger charge is -2.12. The van der Waals surface area contributed by atoms with E-state index >= 15 is 0 Å². The summed E-state index contributed by atoms with van der Waals surface area (Å²) < 4.78 is 4.79. The highest BCUT2D eigenvalue weighted by Gasteiger charge is 2.37. The summed E-state index contributed by atoms with van der Waals surface area (Å²) in [6.07, 6.45) is -0.0540. The third kappa shape index (κ3) is 2.39. The van der Waals surface area contributed by atoms with E-state index in [2.05, 4.69) is 5.32 Å². The second kappa shape index (κ2) is 4.78. The molecule has 0 aliphatic carbocycles. The first kappa shape index (κ1) is 12.2. The van der Waals surface area contributed by atoms with Crippen LogP contribution in [0.5, 0.6) is 0 Å². The Bertz CT molecular complexity index is 369. The number of ether oxygens (including phenoxy) is 1. The fourth-order valence-electron chi connectivity index (χ4n) is 1.57. The van der Waals surface area contributed by atoms with Crippen molar-refractivity contribution in [3.8, 4) is 0 Å². The maximum Gasteiger partial charge on any atom is 0.336 e. The van der Waals surface area contributed by atoms with Gasteiger partial charge < -0.3 is 10.5 Å². The predicted molar refractivity (Wildman–Crippen MR) is 54.8 cm³/mol. The van der Waals surface area contributed by atoms with E-state index in [-0.39, 0.29) is 24.3 Å². The summed E-state index contributed by atoms with van der Waals surface area (Å²) in [5, 5.41) is 2.12. The van der Waals surface area contributed by atoms with Crippen molar-refractivity contribution in [2.24, 2.45) is 11.7 Å². The molecule has 1 saturated heterocycles. The van der Waals surface area contributed by atoms with Crippen molar-refractivity contribution in [1.82, 2.24) is 5.32 Å². The van der Waals surface area contributed by atoms with E-state index in [0.29, 0.717) is 0 Å². The number of rotatable bonds is 3. The summed E-state index contributed by atoms with van der Waals surface area (Å²) in [6, 6.07) is 0. The molecule has 1 aliphatic heterocycles. The van der Waals surface area contributed by atoms with Gasteiger partial charge in [-0.3, -0.25) is 14.9 Å². The molecule has 2 amide bonds. The molecule has 3 N–H and O–H groups in total. The van der Waals surface area contributed by atoms with Crippen LogP contribution >= 0.6 is 0 Å². The van der Waals surface area contributed by atoms with Crippen LogP contribution in [-0.2, 0) is 19.1 Å². The number of nitrogens with two attached hydrogens (primary N) is 1. The van der Waals surface area contributed by atoms with Gasteiger partial charge in [0.1, 0.15) is 0 Å². The van der Waals surface area contributed by atoms with Crippen LogP contribution in [0, 0.1) is 5.92 Å². The lowest BCUT2D eigenvalue weighted by molar-refractivity contribution is -0.140. The van der Waals surface area contributed by atoms with Crippen molar-refractivity contribution >= 4 is 17.8 Å². The molecule has 0 saturated carbocycles. The van der Waals surface area contributed by atoms with Crippen LogP contribution in [0.2, 0.25) is 0 Å². The number of hydrogen-bond donors (Lipinski definition) is 2. The molecular formula is C10H14N2O4. The van der Waals surface area contributed by atoms with Crippen molar-refractivity contribution in [3.05, 3.63) is 11.3 Å². The van der Waals surface area contributed by atoms with E-state index in [0.717, 1.165) is 0 Å². The molecule has 1 rings (SSSR count). The number of carbonyl (C=O) groups excluding carboxylic acids is 3. The predicted octanol–water partition coefficient (Wildman–Crippen LogP) is -0.555. The first-order valence-corrected chi connectivity index (χ1v) is 4.94. The van der Waals surface area contributed by atoms with Crippen molar-refractivity contribution in [2.75, 3.05) is 6.61 Å². The smallest absolute Gasteiger partial charge is 0.336 e. The molecule has 6 nitrogen and oxygen atoms in total. The lowest BCUT2D eigenvalue weighted by Crippen LogP contribution is -2.27. The summed E-state index contributed by atoms with van der Waals surface area (Å²) in [7, 11) is 0. The summed E-state index contributed by atoms with van der Waals surface area (Å²) in [5.74, 6) is -2.37. The quantitative estimate of drug-likeness (QED) is 0.382. The molecule has 1 heterocycles. The Hall–Kier alpha value is -1.85.